The lowest BCUT2D eigenvalue weighted by molar-refractivity contribution is -0.127. The smallest absolute Gasteiger partial charge is 0.243 e. The van der Waals surface area contributed by atoms with Gasteiger partial charge < -0.3 is 20.3 Å². The Bertz CT molecular complexity index is 483. The van der Waals surface area contributed by atoms with Crippen LogP contribution in [0.15, 0.2) is 4.99 Å². The molecule has 0 bridgehead atoms. The number of nitrogens with one attached hydrogen (secondary N) is 2. The number of nitrogens with zero attached hydrogens (tertiary/aromatic N) is 3. The van der Waals surface area contributed by atoms with Crippen LogP contribution < -0.4 is 10.6 Å². The van der Waals surface area contributed by atoms with E-state index in [2.05, 4.69) is 27.4 Å². The van der Waals surface area contributed by atoms with Crippen LogP contribution in [0, 0.1) is 5.41 Å². The largest absolute Gasteiger partial charge is 0.385 e. The first-order valence-corrected chi connectivity index (χ1v) is 9.95. The molecule has 1 saturated carbocycles. The van der Waals surface area contributed by atoms with Gasteiger partial charge in [0.2, 0.25) is 5.91 Å². The highest BCUT2D eigenvalue weighted by atomic mass is 127. The van der Waals surface area contributed by atoms with Crippen molar-refractivity contribution in [3.63, 3.8) is 0 Å². The lowest BCUT2D eigenvalue weighted by atomic mass is 10.0. The molecule has 0 aromatic rings. The Kier molecular flexibility index (Phi) is 10.9. The van der Waals surface area contributed by atoms with Gasteiger partial charge in [0.1, 0.15) is 6.54 Å². The number of carbonyl (C=O) groups is 1. The summed E-state index contributed by atoms with van der Waals surface area (Å²) in [6.45, 7) is 7.23. The molecule has 1 amide bonds. The summed E-state index contributed by atoms with van der Waals surface area (Å²) >= 11 is 0. The zero-order valence-corrected chi connectivity index (χ0v) is 19.8. The molecule has 7 nitrogen and oxygen atoms in total. The summed E-state index contributed by atoms with van der Waals surface area (Å²) in [5, 5.41) is 6.95. The van der Waals surface area contributed by atoms with Gasteiger partial charge in [-0.3, -0.25) is 9.69 Å². The Morgan fingerprint density at radius 1 is 1.33 bits per heavy atom. The first kappa shape index (κ1) is 24.4. The summed E-state index contributed by atoms with van der Waals surface area (Å²) in [4.78, 5) is 20.5. The van der Waals surface area contributed by atoms with Crippen molar-refractivity contribution in [1.29, 1.82) is 0 Å². The van der Waals surface area contributed by atoms with E-state index in [1.165, 1.54) is 32.2 Å². The fraction of sp³-hybridized carbons (Fsp3) is 0.895. The molecule has 2 rings (SSSR count). The number of likely N-dealkylation sites (N-methyl/N-ethyl adjacent to an activating group) is 2. The van der Waals surface area contributed by atoms with Crippen LogP contribution in [0.4, 0.5) is 0 Å². The van der Waals surface area contributed by atoms with Crippen molar-refractivity contribution in [3.8, 4) is 0 Å². The third kappa shape index (κ3) is 8.11. The molecular weight excluding hydrogens is 457 g/mol. The average Bonchev–Trinajstić information content (AvgIpc) is 3.26. The maximum Gasteiger partial charge on any atom is 0.243 e. The van der Waals surface area contributed by atoms with Gasteiger partial charge in [-0.25, -0.2) is 4.99 Å². The molecule has 27 heavy (non-hydrogen) atoms. The second-order valence-electron chi connectivity index (χ2n) is 7.85. The third-order valence-corrected chi connectivity index (χ3v) is 5.71. The number of hydrogen-bond donors (Lipinski definition) is 2. The maximum absolute atomic E-state index is 11.9. The van der Waals surface area contributed by atoms with Gasteiger partial charge in [0, 0.05) is 46.9 Å². The van der Waals surface area contributed by atoms with E-state index in [9.17, 15) is 4.79 Å². The number of likely N-dealkylation sites (tertiary alicyclic amines) is 1. The number of guanidine groups is 1. The highest BCUT2D eigenvalue weighted by Crippen LogP contribution is 2.48. The Hall–Kier alpha value is -0.610. The van der Waals surface area contributed by atoms with Gasteiger partial charge in [0.15, 0.2) is 5.96 Å². The molecule has 1 aliphatic heterocycles. The molecule has 0 spiro atoms. The molecule has 0 radical (unpaired) electrons. The summed E-state index contributed by atoms with van der Waals surface area (Å²) in [5.74, 6) is 0.773. The van der Waals surface area contributed by atoms with Crippen LogP contribution in [0.1, 0.15) is 39.0 Å². The van der Waals surface area contributed by atoms with Crippen LogP contribution in [0.3, 0.4) is 0 Å². The normalized spacial score (nSPS) is 21.5. The molecule has 158 valence electrons. The zero-order chi connectivity index (χ0) is 19.0. The SMILES string of the molecule is CCN1CCCC1CNC(=NCC(=O)N(C)C)NCC1(CCOC)CC1.I. The second kappa shape index (κ2) is 12.1. The molecule has 2 N–H and O–H groups in total. The van der Waals surface area contributed by atoms with E-state index < -0.39 is 0 Å². The van der Waals surface area contributed by atoms with E-state index >= 15 is 0 Å². The summed E-state index contributed by atoms with van der Waals surface area (Å²) in [6, 6.07) is 0.555. The lowest BCUT2D eigenvalue weighted by Gasteiger charge is -2.25. The predicted octanol–water partition coefficient (Wildman–Crippen LogP) is 1.53. The molecule has 1 saturated heterocycles. The van der Waals surface area contributed by atoms with Crippen LogP contribution in [-0.2, 0) is 9.53 Å². The molecule has 0 aromatic carbocycles. The topological polar surface area (TPSA) is 69.2 Å². The summed E-state index contributed by atoms with van der Waals surface area (Å²) < 4.78 is 5.24. The standard InChI is InChI=1S/C19H37N5O2.HI/c1-5-24-11-6-7-16(24)13-20-18(21-14-17(25)23(2)3)22-15-19(8-9-19)10-12-26-4;/h16H,5-15H2,1-4H3,(H2,20,21,22);1H. The summed E-state index contributed by atoms with van der Waals surface area (Å²) in [6.07, 6.45) is 6.04. The maximum atomic E-state index is 11.9. The van der Waals surface area contributed by atoms with Gasteiger partial charge in [-0.2, -0.15) is 0 Å². The van der Waals surface area contributed by atoms with E-state index in [1.54, 1.807) is 26.1 Å². The minimum atomic E-state index is 0. The van der Waals surface area contributed by atoms with Crippen molar-refractivity contribution in [1.82, 2.24) is 20.4 Å². The van der Waals surface area contributed by atoms with Crippen molar-refractivity contribution in [2.24, 2.45) is 10.4 Å². The Morgan fingerprint density at radius 3 is 2.67 bits per heavy atom. The third-order valence-electron chi connectivity index (χ3n) is 5.71. The van der Waals surface area contributed by atoms with Crippen LogP contribution in [-0.4, -0.2) is 88.2 Å². The van der Waals surface area contributed by atoms with Crippen molar-refractivity contribution >= 4 is 35.8 Å². The fourth-order valence-corrected chi connectivity index (χ4v) is 3.50. The number of methoxy groups -OCH3 is 1. The van der Waals surface area contributed by atoms with E-state index in [1.807, 2.05) is 0 Å². The first-order valence-electron chi connectivity index (χ1n) is 9.95. The van der Waals surface area contributed by atoms with Crippen LogP contribution in [0.2, 0.25) is 0 Å². The molecule has 1 aliphatic carbocycles. The Labute approximate surface area is 181 Å². The molecule has 2 aliphatic rings. The number of hydrogen-bond acceptors (Lipinski definition) is 4. The van der Waals surface area contributed by atoms with Crippen molar-refractivity contribution in [2.75, 3.05) is 60.5 Å². The van der Waals surface area contributed by atoms with Crippen LogP contribution >= 0.6 is 24.0 Å². The van der Waals surface area contributed by atoms with Crippen LogP contribution in [0.5, 0.6) is 0 Å². The Morgan fingerprint density at radius 2 is 2.07 bits per heavy atom. The second-order valence-corrected chi connectivity index (χ2v) is 7.85. The Balaban J connectivity index is 0.00000364. The quantitative estimate of drug-likeness (QED) is 0.274. The van der Waals surface area contributed by atoms with Crippen LogP contribution in [0.25, 0.3) is 0 Å². The minimum absolute atomic E-state index is 0. The molecule has 1 unspecified atom stereocenters. The van der Waals surface area contributed by atoms with Gasteiger partial charge in [-0.15, -0.1) is 24.0 Å². The number of aliphatic imine (C=N–C) groups is 1. The monoisotopic (exact) mass is 495 g/mol. The number of amides is 1. The predicted molar refractivity (Wildman–Crippen MR) is 121 cm³/mol. The number of halogens is 1. The lowest BCUT2D eigenvalue weighted by Crippen LogP contribution is -2.46. The van der Waals surface area contributed by atoms with E-state index in [0.29, 0.717) is 11.5 Å². The fourth-order valence-electron chi connectivity index (χ4n) is 3.50. The molecule has 0 aromatic heterocycles. The molecule has 1 heterocycles. The molecular formula is C19H38IN5O2. The molecule has 2 fully saturated rings. The van der Waals surface area contributed by atoms with Crippen molar-refractivity contribution in [2.45, 2.75) is 45.1 Å². The highest BCUT2D eigenvalue weighted by molar-refractivity contribution is 14.0. The van der Waals surface area contributed by atoms with Gasteiger partial charge in [-0.1, -0.05) is 6.92 Å². The average molecular weight is 495 g/mol. The van der Waals surface area contributed by atoms with Crippen molar-refractivity contribution in [3.05, 3.63) is 0 Å². The summed E-state index contributed by atoms with van der Waals surface area (Å²) in [7, 11) is 5.28. The summed E-state index contributed by atoms with van der Waals surface area (Å²) in [5.41, 5.74) is 0.340. The number of ether oxygens (including phenoxy) is 1. The zero-order valence-electron chi connectivity index (χ0n) is 17.4. The van der Waals surface area contributed by atoms with Gasteiger partial charge >= 0.3 is 0 Å². The number of carbonyl (C=O) groups excluding carboxylic acids is 1. The minimum Gasteiger partial charge on any atom is -0.385 e. The number of rotatable bonds is 10. The molecule has 8 heteroatoms. The van der Waals surface area contributed by atoms with E-state index in [4.69, 9.17) is 4.74 Å². The van der Waals surface area contributed by atoms with E-state index in [0.717, 1.165) is 38.6 Å². The highest BCUT2D eigenvalue weighted by Gasteiger charge is 2.42. The first-order chi connectivity index (χ1) is 12.5. The van der Waals surface area contributed by atoms with E-state index in [-0.39, 0.29) is 36.4 Å². The molecule has 1 atom stereocenters. The van der Waals surface area contributed by atoms with Gasteiger partial charge in [0.25, 0.3) is 0 Å². The van der Waals surface area contributed by atoms with Gasteiger partial charge in [0.05, 0.1) is 0 Å². The van der Waals surface area contributed by atoms with Crippen molar-refractivity contribution < 1.29 is 9.53 Å². The van der Waals surface area contributed by atoms with Gasteiger partial charge in [-0.05, 0) is 50.6 Å².